The molecule has 2 aromatic heterocycles. The molecule has 0 aliphatic heterocycles. The van der Waals surface area contributed by atoms with Crippen LogP contribution in [0.5, 0.6) is 0 Å². The van der Waals surface area contributed by atoms with Crippen molar-refractivity contribution < 1.29 is 14.3 Å². The van der Waals surface area contributed by atoms with Crippen molar-refractivity contribution in [1.82, 2.24) is 19.6 Å². The predicted molar refractivity (Wildman–Crippen MR) is 67.9 cm³/mol. The molecule has 0 spiro atoms. The number of aryl methyl sites for hydroxylation is 1. The minimum absolute atomic E-state index is 0.117. The fraction of sp³-hybridized carbons (Fsp3) is 0.0769. The number of carbonyl (C=O) groups is 1. The van der Waals surface area contributed by atoms with Crippen LogP contribution in [0.4, 0.5) is 4.39 Å². The van der Waals surface area contributed by atoms with Gasteiger partial charge in [0.1, 0.15) is 11.6 Å². The van der Waals surface area contributed by atoms with Gasteiger partial charge in [-0.1, -0.05) is 12.1 Å². The molecule has 2 heterocycles. The van der Waals surface area contributed by atoms with E-state index < -0.39 is 11.8 Å². The third-order valence-electron chi connectivity index (χ3n) is 2.79. The smallest absolute Gasteiger partial charge is 0.354 e. The molecule has 0 bridgehead atoms. The molecule has 3 aromatic rings. The van der Waals surface area contributed by atoms with E-state index in [0.29, 0.717) is 5.82 Å². The number of benzene rings is 1. The van der Waals surface area contributed by atoms with Crippen LogP contribution in [-0.4, -0.2) is 30.7 Å². The Bertz CT molecular complexity index is 828. The Balaban J connectivity index is 2.33. The van der Waals surface area contributed by atoms with Gasteiger partial charge in [0.15, 0.2) is 5.69 Å². The van der Waals surface area contributed by atoms with Crippen LogP contribution in [0.25, 0.3) is 17.0 Å². The quantitative estimate of drug-likeness (QED) is 0.771. The number of hydrogen-bond donors (Lipinski definition) is 1. The van der Waals surface area contributed by atoms with Gasteiger partial charge in [-0.05, 0) is 25.1 Å². The van der Waals surface area contributed by atoms with Crippen LogP contribution < -0.4 is 0 Å². The normalized spacial score (nSPS) is 10.9. The summed E-state index contributed by atoms with van der Waals surface area (Å²) in [6.07, 6.45) is 0. The fourth-order valence-corrected chi connectivity index (χ4v) is 1.93. The number of aromatic nitrogens is 4. The largest absolute Gasteiger partial charge is 0.477 e. The first-order chi connectivity index (χ1) is 9.56. The third-order valence-corrected chi connectivity index (χ3v) is 2.79. The monoisotopic (exact) mass is 272 g/mol. The number of carboxylic acid groups (broad SMARTS) is 1. The molecule has 1 N–H and O–H groups in total. The second-order valence-corrected chi connectivity index (χ2v) is 4.18. The van der Waals surface area contributed by atoms with Crippen LogP contribution in [0.1, 0.15) is 16.3 Å². The van der Waals surface area contributed by atoms with Crippen molar-refractivity contribution >= 4 is 11.7 Å². The fourth-order valence-electron chi connectivity index (χ4n) is 1.93. The molecule has 100 valence electrons. The van der Waals surface area contributed by atoms with Gasteiger partial charge < -0.3 is 5.11 Å². The van der Waals surface area contributed by atoms with E-state index in [-0.39, 0.29) is 22.7 Å². The lowest BCUT2D eigenvalue weighted by Crippen LogP contribution is -2.08. The van der Waals surface area contributed by atoms with Gasteiger partial charge in [0.2, 0.25) is 0 Å². The Morgan fingerprint density at radius 1 is 1.30 bits per heavy atom. The summed E-state index contributed by atoms with van der Waals surface area (Å²) in [5, 5.41) is 13.2. The highest BCUT2D eigenvalue weighted by molar-refractivity contribution is 5.87. The molecule has 3 rings (SSSR count). The molecule has 0 saturated carbocycles. The lowest BCUT2D eigenvalue weighted by atomic mass is 10.1. The second kappa shape index (κ2) is 4.37. The molecule has 0 atom stereocenters. The number of nitrogens with zero attached hydrogens (tertiary/aromatic N) is 4. The second-order valence-electron chi connectivity index (χ2n) is 4.18. The Morgan fingerprint density at radius 2 is 2.05 bits per heavy atom. The Hall–Kier alpha value is -2.83. The number of halogens is 1. The average Bonchev–Trinajstić information content (AvgIpc) is 2.77. The molecule has 7 heteroatoms. The standard InChI is InChI=1S/C13H9FN4O2/c1-7-15-13-16-10(8-4-2-3-5-9(8)14)6-11(12(19)20)18(13)17-7/h2-6H,1H3,(H,19,20). The molecule has 0 unspecified atom stereocenters. The molecular weight excluding hydrogens is 263 g/mol. The topological polar surface area (TPSA) is 80.4 Å². The summed E-state index contributed by atoms with van der Waals surface area (Å²) in [5.74, 6) is -1.14. The van der Waals surface area contributed by atoms with Crippen LogP contribution in [-0.2, 0) is 0 Å². The van der Waals surface area contributed by atoms with Crippen molar-refractivity contribution in [2.75, 3.05) is 0 Å². The minimum Gasteiger partial charge on any atom is -0.477 e. The molecular formula is C13H9FN4O2. The summed E-state index contributed by atoms with van der Waals surface area (Å²) in [6, 6.07) is 7.30. The lowest BCUT2D eigenvalue weighted by Gasteiger charge is -2.05. The van der Waals surface area contributed by atoms with Gasteiger partial charge in [-0.25, -0.2) is 14.2 Å². The number of carboxylic acids is 1. The van der Waals surface area contributed by atoms with Crippen molar-refractivity contribution in [3.63, 3.8) is 0 Å². The summed E-state index contributed by atoms with van der Waals surface area (Å²) >= 11 is 0. The van der Waals surface area contributed by atoms with Crippen molar-refractivity contribution in [3.8, 4) is 11.3 Å². The van der Waals surface area contributed by atoms with Crippen LogP contribution in [0.2, 0.25) is 0 Å². The number of aromatic carboxylic acids is 1. The van der Waals surface area contributed by atoms with Crippen molar-refractivity contribution in [3.05, 3.63) is 47.7 Å². The van der Waals surface area contributed by atoms with Crippen LogP contribution in [0.3, 0.4) is 0 Å². The molecule has 20 heavy (non-hydrogen) atoms. The van der Waals surface area contributed by atoms with Gasteiger partial charge >= 0.3 is 5.97 Å². The SMILES string of the molecule is Cc1nc2nc(-c3ccccc3F)cc(C(=O)O)n2n1. The first kappa shape index (κ1) is 12.2. The van der Waals surface area contributed by atoms with Gasteiger partial charge in [0.05, 0.1) is 5.69 Å². The maximum atomic E-state index is 13.8. The van der Waals surface area contributed by atoms with E-state index in [1.165, 1.54) is 18.2 Å². The van der Waals surface area contributed by atoms with E-state index in [1.807, 2.05) is 0 Å². The molecule has 0 saturated heterocycles. The summed E-state index contributed by atoms with van der Waals surface area (Å²) in [4.78, 5) is 19.5. The van der Waals surface area contributed by atoms with Gasteiger partial charge in [-0.15, -0.1) is 5.10 Å². The van der Waals surface area contributed by atoms with E-state index >= 15 is 0 Å². The highest BCUT2D eigenvalue weighted by atomic mass is 19.1. The molecule has 1 aromatic carbocycles. The average molecular weight is 272 g/mol. The zero-order chi connectivity index (χ0) is 14.3. The van der Waals surface area contributed by atoms with Crippen molar-refractivity contribution in [1.29, 1.82) is 0 Å². The molecule has 0 aliphatic rings. The minimum atomic E-state index is -1.18. The molecule has 0 fully saturated rings. The van der Waals surface area contributed by atoms with E-state index in [1.54, 1.807) is 19.1 Å². The zero-order valence-electron chi connectivity index (χ0n) is 10.4. The first-order valence-corrected chi connectivity index (χ1v) is 5.79. The first-order valence-electron chi connectivity index (χ1n) is 5.79. The van der Waals surface area contributed by atoms with Crippen LogP contribution >= 0.6 is 0 Å². The van der Waals surface area contributed by atoms with Crippen LogP contribution in [0.15, 0.2) is 30.3 Å². The molecule has 0 aliphatic carbocycles. The van der Waals surface area contributed by atoms with Gasteiger partial charge in [-0.3, -0.25) is 0 Å². The van der Waals surface area contributed by atoms with E-state index in [4.69, 9.17) is 0 Å². The number of fused-ring (bicyclic) bond motifs is 1. The number of rotatable bonds is 2. The van der Waals surface area contributed by atoms with E-state index in [9.17, 15) is 14.3 Å². The molecule has 0 radical (unpaired) electrons. The summed E-state index contributed by atoms with van der Waals surface area (Å²) in [5.41, 5.74) is 0.312. The maximum Gasteiger partial charge on any atom is 0.354 e. The summed E-state index contributed by atoms with van der Waals surface area (Å²) in [7, 11) is 0. The van der Waals surface area contributed by atoms with Crippen molar-refractivity contribution in [2.24, 2.45) is 0 Å². The van der Waals surface area contributed by atoms with E-state index in [0.717, 1.165) is 4.52 Å². The predicted octanol–water partition coefficient (Wildman–Crippen LogP) is 1.94. The van der Waals surface area contributed by atoms with E-state index in [2.05, 4.69) is 15.1 Å². The highest BCUT2D eigenvalue weighted by Gasteiger charge is 2.16. The van der Waals surface area contributed by atoms with Gasteiger partial charge in [-0.2, -0.15) is 9.50 Å². The Kier molecular flexibility index (Phi) is 2.67. The zero-order valence-corrected chi connectivity index (χ0v) is 10.4. The third kappa shape index (κ3) is 1.89. The molecule has 0 amide bonds. The van der Waals surface area contributed by atoms with Gasteiger partial charge in [0, 0.05) is 5.56 Å². The van der Waals surface area contributed by atoms with Crippen molar-refractivity contribution in [2.45, 2.75) is 6.92 Å². The Labute approximate surface area is 112 Å². The highest BCUT2D eigenvalue weighted by Crippen LogP contribution is 2.22. The lowest BCUT2D eigenvalue weighted by molar-refractivity contribution is 0.0687. The Morgan fingerprint density at radius 3 is 2.75 bits per heavy atom. The summed E-state index contributed by atoms with van der Waals surface area (Å²) < 4.78 is 14.9. The van der Waals surface area contributed by atoms with Gasteiger partial charge in [0.25, 0.3) is 5.78 Å². The van der Waals surface area contributed by atoms with Crippen LogP contribution in [0, 0.1) is 12.7 Å². The maximum absolute atomic E-state index is 13.8. The molecule has 6 nitrogen and oxygen atoms in total. The summed E-state index contributed by atoms with van der Waals surface area (Å²) in [6.45, 7) is 1.63. The number of hydrogen-bond acceptors (Lipinski definition) is 4.